The quantitative estimate of drug-likeness (QED) is 0.927. The van der Waals surface area contributed by atoms with E-state index in [0.29, 0.717) is 6.42 Å². The Kier molecular flexibility index (Phi) is 4.54. The second-order valence-electron chi connectivity index (χ2n) is 6.34. The average Bonchev–Trinajstić information content (AvgIpc) is 2.98. The maximum Gasteiger partial charge on any atom is 0.227 e. The first-order valence-electron chi connectivity index (χ1n) is 8.12. The Morgan fingerprint density at radius 1 is 1.19 bits per heavy atom. The molecule has 1 amide bonds. The third-order valence-electron chi connectivity index (χ3n) is 5.00. The third-order valence-corrected chi connectivity index (χ3v) is 5.00. The highest BCUT2D eigenvalue weighted by Crippen LogP contribution is 2.34. The summed E-state index contributed by atoms with van der Waals surface area (Å²) in [6.45, 7) is 0.845. The molecule has 0 radical (unpaired) electrons. The molecule has 0 unspecified atom stereocenters. The van der Waals surface area contributed by atoms with Crippen molar-refractivity contribution < 1.29 is 9.90 Å². The molecule has 4 heteroatoms. The van der Waals surface area contributed by atoms with Crippen molar-refractivity contribution >= 4 is 5.91 Å². The van der Waals surface area contributed by atoms with Gasteiger partial charge < -0.3 is 10.0 Å². The molecule has 0 spiro atoms. The van der Waals surface area contributed by atoms with Gasteiger partial charge in [0, 0.05) is 30.9 Å². The average molecular weight is 288 g/mol. The lowest BCUT2D eigenvalue weighted by Crippen LogP contribution is -2.45. The van der Waals surface area contributed by atoms with E-state index in [4.69, 9.17) is 0 Å². The van der Waals surface area contributed by atoms with Gasteiger partial charge in [-0.05, 0) is 43.4 Å². The topological polar surface area (TPSA) is 53.4 Å². The molecule has 1 saturated carbocycles. The number of carbonyl (C=O) groups is 1. The Bertz CT molecular complexity index is 477. The Labute approximate surface area is 126 Å². The highest BCUT2D eigenvalue weighted by molar-refractivity contribution is 5.79. The van der Waals surface area contributed by atoms with Crippen LogP contribution in [0, 0.1) is 5.92 Å². The van der Waals surface area contributed by atoms with E-state index >= 15 is 0 Å². The van der Waals surface area contributed by atoms with Crippen molar-refractivity contribution in [1.82, 2.24) is 9.88 Å². The Hall–Kier alpha value is -1.42. The zero-order valence-corrected chi connectivity index (χ0v) is 12.4. The lowest BCUT2D eigenvalue weighted by molar-refractivity contribution is -0.133. The summed E-state index contributed by atoms with van der Waals surface area (Å²) >= 11 is 0. The lowest BCUT2D eigenvalue weighted by Gasteiger charge is -2.37. The minimum absolute atomic E-state index is 0.196. The first-order valence-corrected chi connectivity index (χ1v) is 8.12. The van der Waals surface area contributed by atoms with E-state index in [1.54, 1.807) is 12.4 Å². The number of pyridine rings is 1. The van der Waals surface area contributed by atoms with Crippen LogP contribution in [0.4, 0.5) is 0 Å². The van der Waals surface area contributed by atoms with Crippen LogP contribution in [0.3, 0.4) is 0 Å². The van der Waals surface area contributed by atoms with E-state index in [2.05, 4.69) is 4.98 Å². The molecular formula is C17H24N2O2. The van der Waals surface area contributed by atoms with E-state index in [1.807, 2.05) is 17.0 Å². The van der Waals surface area contributed by atoms with Crippen LogP contribution in [0.2, 0.25) is 0 Å². The number of likely N-dealkylation sites (tertiary alicyclic amines) is 1. The highest BCUT2D eigenvalue weighted by Gasteiger charge is 2.38. The molecule has 1 aliphatic carbocycles. The Morgan fingerprint density at radius 3 is 2.71 bits per heavy atom. The number of nitrogens with zero attached hydrogens (tertiary/aromatic N) is 2. The first-order chi connectivity index (χ1) is 10.3. The molecule has 1 aromatic rings. The largest absolute Gasteiger partial charge is 0.393 e. The van der Waals surface area contributed by atoms with Gasteiger partial charge in [-0.1, -0.05) is 12.8 Å². The summed E-state index contributed by atoms with van der Waals surface area (Å²) < 4.78 is 0. The number of aromatic nitrogens is 1. The summed E-state index contributed by atoms with van der Waals surface area (Å²) in [4.78, 5) is 18.6. The van der Waals surface area contributed by atoms with Gasteiger partial charge in [-0.2, -0.15) is 0 Å². The second-order valence-corrected chi connectivity index (χ2v) is 6.34. The zero-order valence-electron chi connectivity index (χ0n) is 12.4. The van der Waals surface area contributed by atoms with Crippen LogP contribution in [0.5, 0.6) is 0 Å². The van der Waals surface area contributed by atoms with Crippen molar-refractivity contribution in [3.63, 3.8) is 0 Å². The maximum atomic E-state index is 12.6. The van der Waals surface area contributed by atoms with E-state index in [9.17, 15) is 9.90 Å². The number of rotatable bonds is 3. The van der Waals surface area contributed by atoms with E-state index in [-0.39, 0.29) is 24.0 Å². The Balaban J connectivity index is 1.67. The summed E-state index contributed by atoms with van der Waals surface area (Å²) in [6.07, 6.45) is 10.1. The van der Waals surface area contributed by atoms with Gasteiger partial charge in [-0.25, -0.2) is 0 Å². The van der Waals surface area contributed by atoms with Crippen molar-refractivity contribution in [3.05, 3.63) is 30.1 Å². The molecule has 1 aromatic heterocycles. The molecule has 2 aliphatic rings. The summed E-state index contributed by atoms with van der Waals surface area (Å²) in [6, 6.07) is 4.05. The molecule has 2 heterocycles. The van der Waals surface area contributed by atoms with Crippen LogP contribution in [0.25, 0.3) is 0 Å². The summed E-state index contributed by atoms with van der Waals surface area (Å²) in [5, 5.41) is 10.3. The van der Waals surface area contributed by atoms with Gasteiger partial charge in [-0.3, -0.25) is 9.78 Å². The zero-order chi connectivity index (χ0) is 14.7. The summed E-state index contributed by atoms with van der Waals surface area (Å²) in [7, 11) is 0. The van der Waals surface area contributed by atoms with Crippen molar-refractivity contribution in [3.8, 4) is 0 Å². The summed E-state index contributed by atoms with van der Waals surface area (Å²) in [5.41, 5.74) is 1.02. The van der Waals surface area contributed by atoms with Gasteiger partial charge >= 0.3 is 0 Å². The number of hydrogen-bond acceptors (Lipinski definition) is 3. The van der Waals surface area contributed by atoms with Crippen molar-refractivity contribution in [2.45, 2.75) is 57.1 Å². The molecule has 0 aromatic carbocycles. The summed E-state index contributed by atoms with van der Waals surface area (Å²) in [5.74, 6) is 0.476. The molecule has 3 atom stereocenters. The van der Waals surface area contributed by atoms with Crippen molar-refractivity contribution in [1.29, 1.82) is 0 Å². The fourth-order valence-corrected chi connectivity index (χ4v) is 3.91. The fraction of sp³-hybridized carbons (Fsp3) is 0.647. The van der Waals surface area contributed by atoms with Crippen LogP contribution in [0.1, 0.15) is 44.1 Å². The van der Waals surface area contributed by atoms with Crippen molar-refractivity contribution in [2.75, 3.05) is 6.54 Å². The number of carbonyl (C=O) groups excluding carboxylic acids is 1. The number of aliphatic hydroxyl groups is 1. The molecule has 4 nitrogen and oxygen atoms in total. The predicted molar refractivity (Wildman–Crippen MR) is 80.6 cm³/mol. The van der Waals surface area contributed by atoms with E-state index < -0.39 is 0 Å². The highest BCUT2D eigenvalue weighted by atomic mass is 16.3. The molecule has 1 saturated heterocycles. The number of hydrogen-bond donors (Lipinski definition) is 1. The van der Waals surface area contributed by atoms with Gasteiger partial charge in [0.05, 0.1) is 12.5 Å². The minimum atomic E-state index is -0.224. The minimum Gasteiger partial charge on any atom is -0.393 e. The van der Waals surface area contributed by atoms with E-state index in [0.717, 1.165) is 44.2 Å². The predicted octanol–water partition coefficient (Wildman–Crippen LogP) is 2.17. The molecule has 0 bridgehead atoms. The maximum absolute atomic E-state index is 12.6. The van der Waals surface area contributed by atoms with Crippen LogP contribution in [-0.4, -0.2) is 39.6 Å². The van der Waals surface area contributed by atoms with Crippen molar-refractivity contribution in [2.24, 2.45) is 5.92 Å². The van der Waals surface area contributed by atoms with Crippen LogP contribution in [0.15, 0.2) is 24.5 Å². The lowest BCUT2D eigenvalue weighted by atomic mass is 9.80. The molecule has 1 aliphatic heterocycles. The van der Waals surface area contributed by atoms with Gasteiger partial charge in [0.2, 0.25) is 5.91 Å². The van der Waals surface area contributed by atoms with Crippen LogP contribution >= 0.6 is 0 Å². The SMILES string of the molecule is O=C(Cc1ccncc1)N1CCC[C@@H]1[C@@H]1CCCC[C@@H]1O. The second kappa shape index (κ2) is 6.56. The molecule has 21 heavy (non-hydrogen) atoms. The molecule has 1 N–H and O–H groups in total. The molecule has 2 fully saturated rings. The molecular weight excluding hydrogens is 264 g/mol. The Morgan fingerprint density at radius 2 is 1.95 bits per heavy atom. The molecule has 114 valence electrons. The van der Waals surface area contributed by atoms with Gasteiger partial charge in [-0.15, -0.1) is 0 Å². The number of aliphatic hydroxyl groups excluding tert-OH is 1. The smallest absolute Gasteiger partial charge is 0.227 e. The molecule has 3 rings (SSSR count). The van der Waals surface area contributed by atoms with Crippen LogP contribution < -0.4 is 0 Å². The third kappa shape index (κ3) is 3.26. The monoisotopic (exact) mass is 288 g/mol. The van der Waals surface area contributed by atoms with Gasteiger partial charge in [0.25, 0.3) is 0 Å². The van der Waals surface area contributed by atoms with E-state index in [1.165, 1.54) is 6.42 Å². The first kappa shape index (κ1) is 14.5. The standard InChI is InChI=1S/C17H24N2O2/c20-16-6-2-1-4-14(16)15-5-3-11-19(15)17(21)12-13-7-9-18-10-8-13/h7-10,14-16,20H,1-6,11-12H2/t14-,15+,16-/m0/s1. The normalized spacial score (nSPS) is 29.6. The fourth-order valence-electron chi connectivity index (χ4n) is 3.91. The van der Waals surface area contributed by atoms with Gasteiger partial charge in [0.15, 0.2) is 0 Å². The number of amides is 1. The van der Waals surface area contributed by atoms with Crippen LogP contribution in [-0.2, 0) is 11.2 Å². The van der Waals surface area contributed by atoms with Gasteiger partial charge in [0.1, 0.15) is 0 Å².